The van der Waals surface area contributed by atoms with Crippen molar-refractivity contribution in [2.24, 2.45) is 5.73 Å². The van der Waals surface area contributed by atoms with Crippen LogP contribution >= 0.6 is 11.8 Å². The van der Waals surface area contributed by atoms with Crippen molar-refractivity contribution in [3.8, 4) is 0 Å². The summed E-state index contributed by atoms with van der Waals surface area (Å²) in [5.41, 5.74) is 7.13. The highest BCUT2D eigenvalue weighted by atomic mass is 32.2. The number of ether oxygens (including phenoxy) is 1. The summed E-state index contributed by atoms with van der Waals surface area (Å²) in [4.78, 5) is 12.3. The molecule has 1 atom stereocenters. The Morgan fingerprint density at radius 3 is 2.33 bits per heavy atom. The lowest BCUT2D eigenvalue weighted by atomic mass is 9.87. The first-order chi connectivity index (χ1) is 8.34. The average molecular weight is 267 g/mol. The van der Waals surface area contributed by atoms with Crippen molar-refractivity contribution in [1.82, 2.24) is 0 Å². The van der Waals surface area contributed by atoms with Crippen molar-refractivity contribution < 1.29 is 9.53 Å². The molecule has 0 amide bonds. The predicted molar refractivity (Wildman–Crippen MR) is 75.9 cm³/mol. The third-order valence-corrected chi connectivity index (χ3v) is 3.79. The van der Waals surface area contributed by atoms with E-state index in [2.05, 4.69) is 49.8 Å². The van der Waals surface area contributed by atoms with E-state index in [-0.39, 0.29) is 11.4 Å². The molecule has 1 unspecified atom stereocenters. The van der Waals surface area contributed by atoms with E-state index in [1.165, 1.54) is 12.7 Å². The van der Waals surface area contributed by atoms with Crippen LogP contribution in [-0.4, -0.2) is 24.9 Å². The van der Waals surface area contributed by atoms with Gasteiger partial charge in [-0.25, -0.2) is 0 Å². The van der Waals surface area contributed by atoms with Gasteiger partial charge in [0.05, 0.1) is 7.11 Å². The standard InChI is InChI=1S/C14H21NO2S/c1-14(2,3)10-5-7-11(8-6-10)18-9-12(15)13(16)17-4/h5-8,12H,9,15H2,1-4H3. The number of methoxy groups -OCH3 is 1. The fourth-order valence-electron chi connectivity index (χ4n) is 1.46. The molecule has 0 heterocycles. The first kappa shape index (κ1) is 15.1. The minimum atomic E-state index is -0.567. The summed E-state index contributed by atoms with van der Waals surface area (Å²) in [5, 5.41) is 0. The van der Waals surface area contributed by atoms with Crippen LogP contribution in [0.4, 0.5) is 0 Å². The highest BCUT2D eigenvalue weighted by Gasteiger charge is 2.15. The third-order valence-electron chi connectivity index (χ3n) is 2.65. The Balaban J connectivity index is 2.57. The molecule has 1 rings (SSSR count). The van der Waals surface area contributed by atoms with Gasteiger partial charge >= 0.3 is 5.97 Å². The van der Waals surface area contributed by atoms with Gasteiger partial charge in [0.25, 0.3) is 0 Å². The van der Waals surface area contributed by atoms with E-state index in [1.807, 2.05) is 0 Å². The van der Waals surface area contributed by atoms with Crippen LogP contribution in [0.5, 0.6) is 0 Å². The molecule has 0 saturated carbocycles. The highest BCUT2D eigenvalue weighted by molar-refractivity contribution is 7.99. The van der Waals surface area contributed by atoms with Gasteiger partial charge in [-0.1, -0.05) is 32.9 Å². The Labute approximate surface area is 113 Å². The first-order valence-corrected chi connectivity index (χ1v) is 6.90. The van der Waals surface area contributed by atoms with Gasteiger partial charge in [-0.3, -0.25) is 4.79 Å². The molecule has 0 aliphatic heterocycles. The number of carbonyl (C=O) groups excluding carboxylic acids is 1. The highest BCUT2D eigenvalue weighted by Crippen LogP contribution is 2.25. The SMILES string of the molecule is COC(=O)C(N)CSc1ccc(C(C)(C)C)cc1. The fourth-order valence-corrected chi connectivity index (χ4v) is 2.29. The fraction of sp³-hybridized carbons (Fsp3) is 0.500. The van der Waals surface area contributed by atoms with Crippen molar-refractivity contribution in [2.45, 2.75) is 37.1 Å². The van der Waals surface area contributed by atoms with Crippen LogP contribution in [-0.2, 0) is 14.9 Å². The number of thioether (sulfide) groups is 1. The molecule has 0 saturated heterocycles. The van der Waals surface area contributed by atoms with Crippen molar-refractivity contribution in [2.75, 3.05) is 12.9 Å². The van der Waals surface area contributed by atoms with Crippen molar-refractivity contribution in [1.29, 1.82) is 0 Å². The van der Waals surface area contributed by atoms with E-state index < -0.39 is 6.04 Å². The number of nitrogens with two attached hydrogens (primary N) is 1. The van der Waals surface area contributed by atoms with Crippen LogP contribution in [0.2, 0.25) is 0 Å². The molecule has 100 valence electrons. The maximum atomic E-state index is 11.2. The van der Waals surface area contributed by atoms with Crippen LogP contribution in [0.1, 0.15) is 26.3 Å². The molecule has 3 nitrogen and oxygen atoms in total. The van der Waals surface area contributed by atoms with Gasteiger partial charge in [0.2, 0.25) is 0 Å². The Hall–Kier alpha value is -1.00. The largest absolute Gasteiger partial charge is 0.468 e. The molecule has 4 heteroatoms. The molecule has 0 aliphatic rings. The molecule has 2 N–H and O–H groups in total. The lowest BCUT2D eigenvalue weighted by Gasteiger charge is -2.19. The second kappa shape index (κ2) is 6.25. The van der Waals surface area contributed by atoms with Gasteiger partial charge in [0, 0.05) is 10.6 Å². The Morgan fingerprint density at radius 1 is 1.33 bits per heavy atom. The molecule has 0 aliphatic carbocycles. The maximum Gasteiger partial charge on any atom is 0.323 e. The molecule has 0 radical (unpaired) electrons. The second-order valence-corrected chi connectivity index (χ2v) is 6.31. The van der Waals surface area contributed by atoms with E-state index in [0.717, 1.165) is 4.90 Å². The van der Waals surface area contributed by atoms with Crippen LogP contribution in [0.3, 0.4) is 0 Å². The molecule has 0 spiro atoms. The number of carbonyl (C=O) groups is 1. The van der Waals surface area contributed by atoms with Crippen LogP contribution in [0, 0.1) is 0 Å². The normalized spacial score (nSPS) is 13.2. The maximum absolute atomic E-state index is 11.2. The zero-order valence-corrected chi connectivity index (χ0v) is 12.2. The van der Waals surface area contributed by atoms with E-state index in [0.29, 0.717) is 5.75 Å². The Kier molecular flexibility index (Phi) is 5.23. The van der Waals surface area contributed by atoms with Gasteiger partial charge < -0.3 is 10.5 Å². The molecular formula is C14H21NO2S. The quantitative estimate of drug-likeness (QED) is 0.673. The minimum Gasteiger partial charge on any atom is -0.468 e. The molecular weight excluding hydrogens is 246 g/mol. The number of esters is 1. The van der Waals surface area contributed by atoms with Gasteiger partial charge in [0.15, 0.2) is 0 Å². The van der Waals surface area contributed by atoms with Gasteiger partial charge in [0.1, 0.15) is 6.04 Å². The Bertz CT molecular complexity index is 395. The van der Waals surface area contributed by atoms with E-state index in [9.17, 15) is 4.79 Å². The smallest absolute Gasteiger partial charge is 0.323 e. The summed E-state index contributed by atoms with van der Waals surface area (Å²) in [7, 11) is 1.35. The molecule has 1 aromatic rings. The second-order valence-electron chi connectivity index (χ2n) is 5.22. The Morgan fingerprint density at radius 2 is 1.89 bits per heavy atom. The van der Waals surface area contributed by atoms with Crippen molar-refractivity contribution in [3.05, 3.63) is 29.8 Å². The summed E-state index contributed by atoms with van der Waals surface area (Å²) in [6.07, 6.45) is 0. The van der Waals surface area contributed by atoms with Crippen LogP contribution < -0.4 is 5.73 Å². The summed E-state index contributed by atoms with van der Waals surface area (Å²) in [6.45, 7) is 6.55. The monoisotopic (exact) mass is 267 g/mol. The lowest BCUT2D eigenvalue weighted by molar-refractivity contribution is -0.141. The van der Waals surface area contributed by atoms with E-state index >= 15 is 0 Å². The van der Waals surface area contributed by atoms with Crippen molar-refractivity contribution >= 4 is 17.7 Å². The number of hydrogen-bond donors (Lipinski definition) is 1. The summed E-state index contributed by atoms with van der Waals surface area (Å²) < 4.78 is 4.59. The first-order valence-electron chi connectivity index (χ1n) is 5.91. The molecule has 0 bridgehead atoms. The van der Waals surface area contributed by atoms with E-state index in [4.69, 9.17) is 5.73 Å². The number of rotatable bonds is 4. The lowest BCUT2D eigenvalue weighted by Crippen LogP contribution is -2.33. The van der Waals surface area contributed by atoms with Gasteiger partial charge in [-0.05, 0) is 23.1 Å². The summed E-state index contributed by atoms with van der Waals surface area (Å²) >= 11 is 1.57. The van der Waals surface area contributed by atoms with Crippen LogP contribution in [0.25, 0.3) is 0 Å². The molecule has 1 aromatic carbocycles. The van der Waals surface area contributed by atoms with Crippen LogP contribution in [0.15, 0.2) is 29.2 Å². The predicted octanol–water partition coefficient (Wildman–Crippen LogP) is 2.58. The zero-order valence-electron chi connectivity index (χ0n) is 11.4. The summed E-state index contributed by atoms with van der Waals surface area (Å²) in [6, 6.07) is 7.80. The van der Waals surface area contributed by atoms with Gasteiger partial charge in [-0.2, -0.15) is 0 Å². The third kappa shape index (κ3) is 4.35. The molecule has 0 fully saturated rings. The average Bonchev–Trinajstić information content (AvgIpc) is 2.34. The summed E-state index contributed by atoms with van der Waals surface area (Å²) in [5.74, 6) is 0.162. The molecule has 18 heavy (non-hydrogen) atoms. The van der Waals surface area contributed by atoms with Crippen molar-refractivity contribution in [3.63, 3.8) is 0 Å². The topological polar surface area (TPSA) is 52.3 Å². The number of hydrogen-bond acceptors (Lipinski definition) is 4. The molecule has 0 aromatic heterocycles. The zero-order chi connectivity index (χ0) is 13.8. The van der Waals surface area contributed by atoms with E-state index in [1.54, 1.807) is 11.8 Å². The van der Waals surface area contributed by atoms with Gasteiger partial charge in [-0.15, -0.1) is 11.8 Å². The minimum absolute atomic E-state index is 0.158. The number of benzene rings is 1.